The fourth-order valence-electron chi connectivity index (χ4n) is 1.89. The van der Waals surface area contributed by atoms with Crippen molar-refractivity contribution in [2.45, 2.75) is 26.8 Å². The highest BCUT2D eigenvalue weighted by Gasteiger charge is 2.14. The van der Waals surface area contributed by atoms with E-state index in [1.165, 1.54) is 0 Å². The van der Waals surface area contributed by atoms with E-state index in [4.69, 9.17) is 15.6 Å². The van der Waals surface area contributed by atoms with Crippen LogP contribution in [0.3, 0.4) is 0 Å². The molecule has 1 aromatic carbocycles. The average molecular weight is 209 g/mol. The Morgan fingerprint density at radius 3 is 2.40 bits per heavy atom. The van der Waals surface area contributed by atoms with Gasteiger partial charge in [-0.3, -0.25) is 0 Å². The molecule has 0 radical (unpaired) electrons. The number of aryl methyl sites for hydroxylation is 1. The van der Waals surface area contributed by atoms with Crippen LogP contribution < -0.4 is 10.5 Å². The van der Waals surface area contributed by atoms with Gasteiger partial charge in [-0.15, -0.1) is 0 Å². The van der Waals surface area contributed by atoms with E-state index in [2.05, 4.69) is 0 Å². The van der Waals surface area contributed by atoms with E-state index in [0.717, 1.165) is 28.0 Å². The summed E-state index contributed by atoms with van der Waals surface area (Å²) in [7, 11) is 1.67. The Labute approximate surface area is 90.9 Å². The summed E-state index contributed by atoms with van der Waals surface area (Å²) >= 11 is 0. The van der Waals surface area contributed by atoms with Crippen LogP contribution in [0.25, 0.3) is 0 Å². The van der Waals surface area contributed by atoms with Crippen molar-refractivity contribution in [1.82, 2.24) is 0 Å². The smallest absolute Gasteiger partial charge is 0.124 e. The van der Waals surface area contributed by atoms with E-state index in [1.807, 2.05) is 26.8 Å². The number of hydrogen-bond donors (Lipinski definition) is 2. The van der Waals surface area contributed by atoms with Gasteiger partial charge in [0.1, 0.15) is 5.75 Å². The summed E-state index contributed by atoms with van der Waals surface area (Å²) in [6.07, 6.45) is 0. The van der Waals surface area contributed by atoms with Crippen molar-refractivity contribution in [2.24, 2.45) is 5.73 Å². The summed E-state index contributed by atoms with van der Waals surface area (Å²) in [6.45, 7) is 5.96. The molecule has 0 saturated carbocycles. The van der Waals surface area contributed by atoms with E-state index in [9.17, 15) is 0 Å². The van der Waals surface area contributed by atoms with E-state index in [0.29, 0.717) is 0 Å². The number of methoxy groups -OCH3 is 1. The van der Waals surface area contributed by atoms with Crippen LogP contribution >= 0.6 is 0 Å². The highest BCUT2D eigenvalue weighted by molar-refractivity contribution is 5.49. The molecule has 0 aliphatic heterocycles. The second-order valence-corrected chi connectivity index (χ2v) is 3.86. The van der Waals surface area contributed by atoms with E-state index < -0.39 is 0 Å². The molecule has 84 valence electrons. The molecule has 15 heavy (non-hydrogen) atoms. The van der Waals surface area contributed by atoms with Crippen LogP contribution in [0.2, 0.25) is 0 Å². The van der Waals surface area contributed by atoms with E-state index in [1.54, 1.807) is 7.11 Å². The molecule has 0 bridgehead atoms. The molecule has 1 rings (SSSR count). The third-order valence-corrected chi connectivity index (χ3v) is 2.87. The Morgan fingerprint density at radius 2 is 1.93 bits per heavy atom. The summed E-state index contributed by atoms with van der Waals surface area (Å²) in [4.78, 5) is 0. The van der Waals surface area contributed by atoms with Crippen molar-refractivity contribution in [3.63, 3.8) is 0 Å². The minimum absolute atomic E-state index is 0.0357. The normalized spacial score (nSPS) is 12.7. The zero-order chi connectivity index (χ0) is 11.6. The van der Waals surface area contributed by atoms with Gasteiger partial charge < -0.3 is 15.6 Å². The highest BCUT2D eigenvalue weighted by atomic mass is 16.5. The van der Waals surface area contributed by atoms with Gasteiger partial charge in [0, 0.05) is 0 Å². The molecule has 3 nitrogen and oxygen atoms in total. The first kappa shape index (κ1) is 12.0. The zero-order valence-corrected chi connectivity index (χ0v) is 9.79. The summed E-state index contributed by atoms with van der Waals surface area (Å²) in [5.41, 5.74) is 10.1. The van der Waals surface area contributed by atoms with Crippen LogP contribution in [0.4, 0.5) is 0 Å². The first-order valence-electron chi connectivity index (χ1n) is 5.04. The SMILES string of the molecule is COc1c(C)cc(C(N)CO)c(C)c1C. The summed E-state index contributed by atoms with van der Waals surface area (Å²) in [5.74, 6) is 0.904. The molecular formula is C12H19NO2. The van der Waals surface area contributed by atoms with E-state index >= 15 is 0 Å². The molecule has 1 unspecified atom stereocenters. The van der Waals surface area contributed by atoms with Gasteiger partial charge in [-0.1, -0.05) is 6.07 Å². The van der Waals surface area contributed by atoms with Crippen LogP contribution in [0.5, 0.6) is 5.75 Å². The molecule has 3 N–H and O–H groups in total. The first-order chi connectivity index (χ1) is 7.02. The van der Waals surface area contributed by atoms with Gasteiger partial charge in [-0.2, -0.15) is 0 Å². The fraction of sp³-hybridized carbons (Fsp3) is 0.500. The molecule has 1 atom stereocenters. The van der Waals surface area contributed by atoms with E-state index in [-0.39, 0.29) is 12.6 Å². The zero-order valence-electron chi connectivity index (χ0n) is 9.79. The third kappa shape index (κ3) is 2.13. The Hall–Kier alpha value is -1.06. The maximum atomic E-state index is 9.06. The molecule has 1 aromatic rings. The van der Waals surface area contributed by atoms with Gasteiger partial charge in [-0.25, -0.2) is 0 Å². The van der Waals surface area contributed by atoms with Gasteiger partial charge in [-0.05, 0) is 43.0 Å². The lowest BCUT2D eigenvalue weighted by molar-refractivity contribution is 0.267. The lowest BCUT2D eigenvalue weighted by Crippen LogP contribution is -2.16. The standard InChI is InChI=1S/C12H19NO2/c1-7-5-10(11(13)6-14)8(2)9(3)12(7)15-4/h5,11,14H,6,13H2,1-4H3. The van der Waals surface area contributed by atoms with Gasteiger partial charge in [0.2, 0.25) is 0 Å². The second-order valence-electron chi connectivity index (χ2n) is 3.86. The van der Waals surface area contributed by atoms with Crippen molar-refractivity contribution in [3.8, 4) is 5.75 Å². The van der Waals surface area contributed by atoms with Crippen LogP contribution in [-0.2, 0) is 0 Å². The number of nitrogens with two attached hydrogens (primary N) is 1. The predicted molar refractivity (Wildman–Crippen MR) is 61.2 cm³/mol. The van der Waals surface area contributed by atoms with Crippen molar-refractivity contribution < 1.29 is 9.84 Å². The summed E-state index contributed by atoms with van der Waals surface area (Å²) in [5, 5.41) is 9.06. The van der Waals surface area contributed by atoms with Crippen LogP contribution in [0, 0.1) is 20.8 Å². The Morgan fingerprint density at radius 1 is 1.33 bits per heavy atom. The summed E-state index contributed by atoms with van der Waals surface area (Å²) in [6, 6.07) is 1.68. The van der Waals surface area contributed by atoms with Gasteiger partial charge >= 0.3 is 0 Å². The monoisotopic (exact) mass is 209 g/mol. The number of rotatable bonds is 3. The number of aliphatic hydroxyl groups is 1. The van der Waals surface area contributed by atoms with Crippen LogP contribution in [-0.4, -0.2) is 18.8 Å². The largest absolute Gasteiger partial charge is 0.496 e. The Balaban J connectivity index is 3.33. The molecule has 0 amide bonds. The molecular weight excluding hydrogens is 190 g/mol. The number of benzene rings is 1. The molecule has 0 fully saturated rings. The van der Waals surface area contributed by atoms with Crippen molar-refractivity contribution in [3.05, 3.63) is 28.3 Å². The third-order valence-electron chi connectivity index (χ3n) is 2.87. The van der Waals surface area contributed by atoms with Crippen molar-refractivity contribution in [2.75, 3.05) is 13.7 Å². The molecule has 0 aliphatic carbocycles. The van der Waals surface area contributed by atoms with Crippen molar-refractivity contribution >= 4 is 0 Å². The fourth-order valence-corrected chi connectivity index (χ4v) is 1.89. The topological polar surface area (TPSA) is 55.5 Å². The molecule has 0 heterocycles. The number of ether oxygens (including phenoxy) is 1. The number of hydrogen-bond acceptors (Lipinski definition) is 3. The molecule has 0 aromatic heterocycles. The van der Waals surface area contributed by atoms with Crippen LogP contribution in [0.1, 0.15) is 28.3 Å². The first-order valence-corrected chi connectivity index (χ1v) is 5.04. The quantitative estimate of drug-likeness (QED) is 0.795. The Kier molecular flexibility index (Phi) is 3.72. The number of aliphatic hydroxyl groups excluding tert-OH is 1. The molecule has 0 spiro atoms. The second kappa shape index (κ2) is 4.64. The van der Waals surface area contributed by atoms with Gasteiger partial charge in [0.15, 0.2) is 0 Å². The van der Waals surface area contributed by atoms with Gasteiger partial charge in [0.25, 0.3) is 0 Å². The Bertz CT molecular complexity index is 361. The van der Waals surface area contributed by atoms with Gasteiger partial charge in [0.05, 0.1) is 19.8 Å². The van der Waals surface area contributed by atoms with Crippen LogP contribution in [0.15, 0.2) is 6.07 Å². The molecule has 0 saturated heterocycles. The maximum Gasteiger partial charge on any atom is 0.124 e. The minimum atomic E-state index is -0.312. The minimum Gasteiger partial charge on any atom is -0.496 e. The van der Waals surface area contributed by atoms with Crippen molar-refractivity contribution in [1.29, 1.82) is 0 Å². The lowest BCUT2D eigenvalue weighted by Gasteiger charge is -2.18. The lowest BCUT2D eigenvalue weighted by atomic mass is 9.94. The maximum absolute atomic E-state index is 9.06. The summed E-state index contributed by atoms with van der Waals surface area (Å²) < 4.78 is 5.32. The molecule has 0 aliphatic rings. The molecule has 3 heteroatoms. The predicted octanol–water partition coefficient (Wildman–Crippen LogP) is 1.61. The highest BCUT2D eigenvalue weighted by Crippen LogP contribution is 2.30. The average Bonchev–Trinajstić information content (AvgIpc) is 2.23.